The van der Waals surface area contributed by atoms with Crippen molar-refractivity contribution in [1.82, 2.24) is 5.32 Å². The van der Waals surface area contributed by atoms with E-state index in [9.17, 15) is 4.79 Å². The van der Waals surface area contributed by atoms with Gasteiger partial charge in [0, 0.05) is 16.1 Å². The van der Waals surface area contributed by atoms with Gasteiger partial charge in [-0.05, 0) is 49.6 Å². The van der Waals surface area contributed by atoms with E-state index in [0.717, 1.165) is 24.0 Å². The first-order chi connectivity index (χ1) is 11.5. The van der Waals surface area contributed by atoms with Crippen LogP contribution in [0.5, 0.6) is 11.5 Å². The molecule has 1 aliphatic rings. The van der Waals surface area contributed by atoms with Crippen LogP contribution < -0.4 is 14.8 Å². The van der Waals surface area contributed by atoms with Crippen molar-refractivity contribution < 1.29 is 14.3 Å². The average molecular weight is 346 g/mol. The Kier molecular flexibility index (Phi) is 4.41. The Hall–Kier alpha value is -2.20. The molecule has 1 fully saturated rings. The van der Waals surface area contributed by atoms with Crippen molar-refractivity contribution in [3.05, 3.63) is 58.1 Å². The van der Waals surface area contributed by atoms with Crippen molar-refractivity contribution in [1.29, 1.82) is 0 Å². The van der Waals surface area contributed by atoms with Gasteiger partial charge in [0.25, 0.3) is 5.91 Å². The van der Waals surface area contributed by atoms with Crippen LogP contribution in [0.4, 0.5) is 0 Å². The smallest absolute Gasteiger partial charge is 0.252 e. The Balaban J connectivity index is 1.86. The first-order valence-electron chi connectivity index (χ1n) is 7.80. The number of methoxy groups -OCH3 is 2. The standard InChI is InChI=1S/C19H20ClNO3/c1-12-16(23-2)10-13(11-17(12)24-3)18(22)21-19(8-9-19)14-4-6-15(20)7-5-14/h4-7,10-11H,8-9H2,1-3H3,(H,21,22). The highest BCUT2D eigenvalue weighted by molar-refractivity contribution is 6.30. The molecule has 0 saturated heterocycles. The Morgan fingerprint density at radius 1 is 1.08 bits per heavy atom. The molecular formula is C19H20ClNO3. The molecule has 126 valence electrons. The van der Waals surface area contributed by atoms with Crippen LogP contribution in [0, 0.1) is 6.92 Å². The lowest BCUT2D eigenvalue weighted by Crippen LogP contribution is -2.34. The van der Waals surface area contributed by atoms with Crippen molar-refractivity contribution in [2.24, 2.45) is 0 Å². The topological polar surface area (TPSA) is 47.6 Å². The third-order valence-electron chi connectivity index (χ3n) is 4.51. The van der Waals surface area contributed by atoms with Gasteiger partial charge in [-0.1, -0.05) is 23.7 Å². The van der Waals surface area contributed by atoms with Crippen LogP contribution in [0.1, 0.15) is 34.3 Å². The molecule has 0 bridgehead atoms. The number of benzene rings is 2. The van der Waals surface area contributed by atoms with E-state index in [2.05, 4.69) is 5.32 Å². The molecule has 3 rings (SSSR count). The Bertz CT molecular complexity index is 742. The lowest BCUT2D eigenvalue weighted by molar-refractivity contribution is 0.0930. The zero-order valence-corrected chi connectivity index (χ0v) is 14.7. The maximum Gasteiger partial charge on any atom is 0.252 e. The number of ether oxygens (including phenoxy) is 2. The first kappa shape index (κ1) is 16.7. The van der Waals surface area contributed by atoms with Crippen LogP contribution >= 0.6 is 11.6 Å². The van der Waals surface area contributed by atoms with E-state index in [1.807, 2.05) is 31.2 Å². The lowest BCUT2D eigenvalue weighted by Gasteiger charge is -2.19. The summed E-state index contributed by atoms with van der Waals surface area (Å²) >= 11 is 5.95. The molecule has 1 N–H and O–H groups in total. The summed E-state index contributed by atoms with van der Waals surface area (Å²) in [5, 5.41) is 3.84. The molecule has 2 aromatic rings. The highest BCUT2D eigenvalue weighted by Crippen LogP contribution is 2.46. The maximum absolute atomic E-state index is 12.7. The van der Waals surface area contributed by atoms with Gasteiger partial charge in [0.05, 0.1) is 19.8 Å². The Morgan fingerprint density at radius 2 is 1.62 bits per heavy atom. The fourth-order valence-electron chi connectivity index (χ4n) is 2.89. The molecule has 1 amide bonds. The number of hydrogen-bond acceptors (Lipinski definition) is 3. The number of hydrogen-bond donors (Lipinski definition) is 1. The number of carbonyl (C=O) groups is 1. The van der Waals surface area contributed by atoms with Crippen LogP contribution in [0.3, 0.4) is 0 Å². The molecular weight excluding hydrogens is 326 g/mol. The Labute approximate surface area is 146 Å². The number of carbonyl (C=O) groups excluding carboxylic acids is 1. The fraction of sp³-hybridized carbons (Fsp3) is 0.316. The van der Waals surface area contributed by atoms with Gasteiger partial charge >= 0.3 is 0 Å². The molecule has 2 aromatic carbocycles. The number of rotatable bonds is 5. The molecule has 0 heterocycles. The average Bonchev–Trinajstić information content (AvgIpc) is 3.36. The fourth-order valence-corrected chi connectivity index (χ4v) is 3.01. The zero-order valence-electron chi connectivity index (χ0n) is 14.0. The summed E-state index contributed by atoms with van der Waals surface area (Å²) in [5.41, 5.74) is 2.17. The van der Waals surface area contributed by atoms with Gasteiger partial charge in [0.1, 0.15) is 11.5 Å². The van der Waals surface area contributed by atoms with Crippen molar-refractivity contribution in [3.8, 4) is 11.5 Å². The van der Waals surface area contributed by atoms with Crippen molar-refractivity contribution in [2.45, 2.75) is 25.3 Å². The van der Waals surface area contributed by atoms with Gasteiger partial charge in [0.2, 0.25) is 0 Å². The second kappa shape index (κ2) is 6.36. The quantitative estimate of drug-likeness (QED) is 0.888. The highest BCUT2D eigenvalue weighted by atomic mass is 35.5. The first-order valence-corrected chi connectivity index (χ1v) is 8.18. The van der Waals surface area contributed by atoms with E-state index in [1.54, 1.807) is 26.4 Å². The summed E-state index contributed by atoms with van der Waals surface area (Å²) in [7, 11) is 3.17. The van der Waals surface area contributed by atoms with Gasteiger partial charge in [-0.25, -0.2) is 0 Å². The molecule has 0 unspecified atom stereocenters. The summed E-state index contributed by atoms with van der Waals surface area (Å²) in [6.07, 6.45) is 1.83. The predicted molar refractivity (Wildman–Crippen MR) is 94.1 cm³/mol. The monoisotopic (exact) mass is 345 g/mol. The third kappa shape index (κ3) is 3.06. The number of halogens is 1. The van der Waals surface area contributed by atoms with Crippen LogP contribution in [0.15, 0.2) is 36.4 Å². The summed E-state index contributed by atoms with van der Waals surface area (Å²) in [5.74, 6) is 1.13. The molecule has 1 saturated carbocycles. The van der Waals surface area contributed by atoms with Crippen molar-refractivity contribution in [2.75, 3.05) is 14.2 Å². The largest absolute Gasteiger partial charge is 0.496 e. The predicted octanol–water partition coefficient (Wildman–Crippen LogP) is 4.08. The minimum atomic E-state index is -0.299. The minimum absolute atomic E-state index is 0.140. The second-order valence-corrected chi connectivity index (χ2v) is 6.49. The molecule has 0 radical (unpaired) electrons. The van der Waals surface area contributed by atoms with Crippen LogP contribution in [-0.4, -0.2) is 20.1 Å². The van der Waals surface area contributed by atoms with Crippen LogP contribution in [-0.2, 0) is 5.54 Å². The van der Waals surface area contributed by atoms with E-state index < -0.39 is 0 Å². The Morgan fingerprint density at radius 3 is 2.08 bits per heavy atom. The number of nitrogens with one attached hydrogen (secondary N) is 1. The summed E-state index contributed by atoms with van der Waals surface area (Å²) < 4.78 is 10.7. The number of amides is 1. The molecule has 0 aliphatic heterocycles. The molecule has 24 heavy (non-hydrogen) atoms. The van der Waals surface area contributed by atoms with Crippen LogP contribution in [0.2, 0.25) is 5.02 Å². The zero-order chi connectivity index (χ0) is 17.3. The molecule has 0 aromatic heterocycles. The summed E-state index contributed by atoms with van der Waals surface area (Å²) in [4.78, 5) is 12.7. The van der Waals surface area contributed by atoms with E-state index >= 15 is 0 Å². The van der Waals surface area contributed by atoms with Gasteiger partial charge < -0.3 is 14.8 Å². The molecule has 0 atom stereocenters. The van der Waals surface area contributed by atoms with Gasteiger partial charge in [-0.15, -0.1) is 0 Å². The highest BCUT2D eigenvalue weighted by Gasteiger charge is 2.45. The van der Waals surface area contributed by atoms with E-state index in [-0.39, 0.29) is 11.4 Å². The third-order valence-corrected chi connectivity index (χ3v) is 4.77. The normalized spacial score (nSPS) is 14.8. The van der Waals surface area contributed by atoms with E-state index in [1.165, 1.54) is 0 Å². The minimum Gasteiger partial charge on any atom is -0.496 e. The summed E-state index contributed by atoms with van der Waals surface area (Å²) in [6.45, 7) is 1.90. The lowest BCUT2D eigenvalue weighted by atomic mass is 10.0. The molecule has 5 heteroatoms. The van der Waals surface area contributed by atoms with Gasteiger partial charge in [0.15, 0.2) is 0 Å². The summed E-state index contributed by atoms with van der Waals surface area (Å²) in [6, 6.07) is 11.1. The van der Waals surface area contributed by atoms with Gasteiger partial charge in [-0.2, -0.15) is 0 Å². The molecule has 4 nitrogen and oxygen atoms in total. The van der Waals surface area contributed by atoms with Crippen LogP contribution in [0.25, 0.3) is 0 Å². The van der Waals surface area contributed by atoms with Gasteiger partial charge in [-0.3, -0.25) is 4.79 Å². The maximum atomic E-state index is 12.7. The van der Waals surface area contributed by atoms with E-state index in [4.69, 9.17) is 21.1 Å². The molecule has 0 spiro atoms. The molecule has 1 aliphatic carbocycles. The van der Waals surface area contributed by atoms with E-state index in [0.29, 0.717) is 22.1 Å². The second-order valence-electron chi connectivity index (χ2n) is 6.05. The SMILES string of the molecule is COc1cc(C(=O)NC2(c3ccc(Cl)cc3)CC2)cc(OC)c1C. The van der Waals surface area contributed by atoms with Crippen molar-refractivity contribution >= 4 is 17.5 Å². The van der Waals surface area contributed by atoms with Crippen molar-refractivity contribution in [3.63, 3.8) is 0 Å².